The molecule has 0 spiro atoms. The molecule has 0 aliphatic carbocycles. The van der Waals surface area contributed by atoms with Gasteiger partial charge in [-0.15, -0.1) is 0 Å². The Morgan fingerprint density at radius 1 is 1.44 bits per heavy atom. The van der Waals surface area contributed by atoms with E-state index in [2.05, 4.69) is 21.6 Å². The third-order valence-corrected chi connectivity index (χ3v) is 5.01. The third-order valence-electron chi connectivity index (χ3n) is 3.66. The number of hydrogen-bond donors (Lipinski definition) is 1. The number of aryl methyl sites for hydroxylation is 2. The van der Waals surface area contributed by atoms with Crippen molar-refractivity contribution in [1.82, 2.24) is 19.3 Å². The first-order valence-corrected chi connectivity index (χ1v) is 8.02. The van der Waals surface area contributed by atoms with Gasteiger partial charge in [-0.1, -0.05) is 6.92 Å². The lowest BCUT2D eigenvalue weighted by Gasteiger charge is -2.23. The zero-order chi connectivity index (χ0) is 12.7. The number of H-pyrrole nitrogens is 1. The molecule has 6 heteroatoms. The number of rotatable bonds is 2. The largest absolute Gasteiger partial charge is 0.328 e. The molecular formula is C12H18N4S2. The monoisotopic (exact) mass is 282 g/mol. The van der Waals surface area contributed by atoms with Crippen molar-refractivity contribution in [3.63, 3.8) is 0 Å². The summed E-state index contributed by atoms with van der Waals surface area (Å²) in [5.74, 6) is 2.47. The lowest BCUT2D eigenvalue weighted by atomic mass is 10.1. The van der Waals surface area contributed by atoms with E-state index < -0.39 is 0 Å². The SMILES string of the molecule is CCc1nn(C)c2c1[nH]c(=S)n2C1CCSCC1. The second-order valence-corrected chi connectivity index (χ2v) is 6.38. The van der Waals surface area contributed by atoms with Crippen LogP contribution < -0.4 is 0 Å². The highest BCUT2D eigenvalue weighted by Crippen LogP contribution is 2.31. The zero-order valence-corrected chi connectivity index (χ0v) is 12.4. The second kappa shape index (κ2) is 4.74. The Morgan fingerprint density at radius 2 is 2.17 bits per heavy atom. The number of nitrogens with zero attached hydrogens (tertiary/aromatic N) is 3. The van der Waals surface area contributed by atoms with E-state index in [1.54, 1.807) is 0 Å². The first-order chi connectivity index (χ1) is 8.72. The zero-order valence-electron chi connectivity index (χ0n) is 10.8. The number of aromatic nitrogens is 4. The van der Waals surface area contributed by atoms with Gasteiger partial charge in [-0.2, -0.15) is 16.9 Å². The molecule has 1 aliphatic rings. The van der Waals surface area contributed by atoms with Gasteiger partial charge in [0, 0.05) is 13.1 Å². The quantitative estimate of drug-likeness (QED) is 0.860. The fourth-order valence-electron chi connectivity index (χ4n) is 2.77. The minimum absolute atomic E-state index is 0.535. The van der Waals surface area contributed by atoms with Crippen molar-refractivity contribution in [3.8, 4) is 0 Å². The van der Waals surface area contributed by atoms with Gasteiger partial charge in [-0.05, 0) is 43.0 Å². The average molecular weight is 282 g/mol. The summed E-state index contributed by atoms with van der Waals surface area (Å²) in [7, 11) is 2.01. The van der Waals surface area contributed by atoms with E-state index in [-0.39, 0.29) is 0 Å². The lowest BCUT2D eigenvalue weighted by molar-refractivity contribution is 0.467. The maximum atomic E-state index is 5.51. The predicted octanol–water partition coefficient (Wildman–Crippen LogP) is 3.06. The van der Waals surface area contributed by atoms with Crippen molar-refractivity contribution in [2.75, 3.05) is 11.5 Å². The van der Waals surface area contributed by atoms with Crippen LogP contribution in [0, 0.1) is 4.77 Å². The fourth-order valence-corrected chi connectivity index (χ4v) is 4.19. The van der Waals surface area contributed by atoms with Crippen LogP contribution in [0.1, 0.15) is 31.5 Å². The fraction of sp³-hybridized carbons (Fsp3) is 0.667. The van der Waals surface area contributed by atoms with E-state index >= 15 is 0 Å². The topological polar surface area (TPSA) is 38.5 Å². The Balaban J connectivity index is 2.18. The van der Waals surface area contributed by atoms with Crippen LogP contribution >= 0.6 is 24.0 Å². The number of aromatic amines is 1. The molecule has 1 N–H and O–H groups in total. The Labute approximate surface area is 116 Å². The van der Waals surface area contributed by atoms with Gasteiger partial charge in [0.15, 0.2) is 10.4 Å². The van der Waals surface area contributed by atoms with Crippen LogP contribution in [0.15, 0.2) is 0 Å². The molecule has 1 fully saturated rings. The highest BCUT2D eigenvalue weighted by atomic mass is 32.2. The summed E-state index contributed by atoms with van der Waals surface area (Å²) in [5, 5.41) is 4.58. The molecular weight excluding hydrogens is 264 g/mol. The van der Waals surface area contributed by atoms with Crippen LogP contribution in [0.25, 0.3) is 11.2 Å². The number of thioether (sulfide) groups is 1. The van der Waals surface area contributed by atoms with Crippen molar-refractivity contribution >= 4 is 35.1 Å². The summed E-state index contributed by atoms with van der Waals surface area (Å²) in [6, 6.07) is 0.535. The van der Waals surface area contributed by atoms with Crippen LogP contribution in [-0.4, -0.2) is 30.8 Å². The summed E-state index contributed by atoms with van der Waals surface area (Å²) in [6.45, 7) is 2.13. The maximum Gasteiger partial charge on any atom is 0.179 e. The van der Waals surface area contributed by atoms with Crippen molar-refractivity contribution in [2.45, 2.75) is 32.2 Å². The van der Waals surface area contributed by atoms with Gasteiger partial charge in [0.05, 0.1) is 5.69 Å². The van der Waals surface area contributed by atoms with E-state index in [0.29, 0.717) is 6.04 Å². The van der Waals surface area contributed by atoms with Gasteiger partial charge >= 0.3 is 0 Å². The molecule has 0 unspecified atom stereocenters. The van der Waals surface area contributed by atoms with E-state index in [1.165, 1.54) is 24.3 Å². The molecule has 0 atom stereocenters. The van der Waals surface area contributed by atoms with E-state index in [1.807, 2.05) is 23.5 Å². The minimum Gasteiger partial charge on any atom is -0.328 e. The number of imidazole rings is 1. The first-order valence-electron chi connectivity index (χ1n) is 6.46. The molecule has 3 heterocycles. The maximum absolute atomic E-state index is 5.51. The average Bonchev–Trinajstić information content (AvgIpc) is 2.87. The van der Waals surface area contributed by atoms with Crippen molar-refractivity contribution in [2.24, 2.45) is 7.05 Å². The summed E-state index contributed by atoms with van der Waals surface area (Å²) < 4.78 is 5.11. The second-order valence-electron chi connectivity index (χ2n) is 4.77. The highest BCUT2D eigenvalue weighted by Gasteiger charge is 2.22. The Bertz CT molecular complexity index is 616. The minimum atomic E-state index is 0.535. The number of fused-ring (bicyclic) bond motifs is 1. The normalized spacial score (nSPS) is 17.7. The molecule has 1 saturated heterocycles. The van der Waals surface area contributed by atoms with Gasteiger partial charge in [0.1, 0.15) is 5.52 Å². The molecule has 0 saturated carbocycles. The Kier molecular flexibility index (Phi) is 3.23. The Hall–Kier alpha value is -0.750. The molecule has 3 rings (SSSR count). The molecule has 0 amide bonds. The van der Waals surface area contributed by atoms with E-state index in [0.717, 1.165) is 28.0 Å². The van der Waals surface area contributed by atoms with Crippen LogP contribution in [0.4, 0.5) is 0 Å². The van der Waals surface area contributed by atoms with Crippen molar-refractivity contribution in [3.05, 3.63) is 10.5 Å². The van der Waals surface area contributed by atoms with Crippen LogP contribution in [0.5, 0.6) is 0 Å². The van der Waals surface area contributed by atoms with E-state index in [4.69, 9.17) is 12.2 Å². The van der Waals surface area contributed by atoms with E-state index in [9.17, 15) is 0 Å². The molecule has 0 aromatic carbocycles. The first kappa shape index (κ1) is 12.3. The molecule has 0 bridgehead atoms. The summed E-state index contributed by atoms with van der Waals surface area (Å²) >= 11 is 7.56. The van der Waals surface area contributed by atoms with Gasteiger partial charge in [-0.25, -0.2) is 0 Å². The van der Waals surface area contributed by atoms with Gasteiger partial charge in [0.25, 0.3) is 0 Å². The molecule has 2 aromatic heterocycles. The Morgan fingerprint density at radius 3 is 2.83 bits per heavy atom. The van der Waals surface area contributed by atoms with Crippen molar-refractivity contribution in [1.29, 1.82) is 0 Å². The molecule has 1 aliphatic heterocycles. The van der Waals surface area contributed by atoms with Gasteiger partial charge in [-0.3, -0.25) is 9.25 Å². The standard InChI is InChI=1S/C12H18N4S2/c1-3-9-10-11(15(2)14-9)16(12(17)13-10)8-4-6-18-7-5-8/h8H,3-7H2,1-2H3,(H,13,17). The van der Waals surface area contributed by atoms with Crippen LogP contribution in [0.3, 0.4) is 0 Å². The van der Waals surface area contributed by atoms with Crippen LogP contribution in [-0.2, 0) is 13.5 Å². The molecule has 18 heavy (non-hydrogen) atoms. The smallest absolute Gasteiger partial charge is 0.179 e. The third kappa shape index (κ3) is 1.82. The molecule has 0 radical (unpaired) electrons. The summed E-state index contributed by atoms with van der Waals surface area (Å²) in [4.78, 5) is 3.35. The highest BCUT2D eigenvalue weighted by molar-refractivity contribution is 7.99. The summed E-state index contributed by atoms with van der Waals surface area (Å²) in [5.41, 5.74) is 3.40. The van der Waals surface area contributed by atoms with Gasteiger partial charge in [0.2, 0.25) is 0 Å². The van der Waals surface area contributed by atoms with Crippen LogP contribution in [0.2, 0.25) is 0 Å². The number of hydrogen-bond acceptors (Lipinski definition) is 3. The summed E-state index contributed by atoms with van der Waals surface area (Å²) in [6.07, 6.45) is 3.35. The molecule has 2 aromatic rings. The lowest BCUT2D eigenvalue weighted by Crippen LogP contribution is -2.16. The van der Waals surface area contributed by atoms with Crippen molar-refractivity contribution < 1.29 is 0 Å². The predicted molar refractivity (Wildman–Crippen MR) is 78.9 cm³/mol. The number of nitrogens with one attached hydrogen (secondary N) is 1. The molecule has 4 nitrogen and oxygen atoms in total. The van der Waals surface area contributed by atoms with Gasteiger partial charge < -0.3 is 4.98 Å². The molecule has 98 valence electrons.